The minimum absolute atomic E-state index is 0.0477. The number of benzene rings is 7. The van der Waals surface area contributed by atoms with Gasteiger partial charge in [0.25, 0.3) is 0 Å². The summed E-state index contributed by atoms with van der Waals surface area (Å²) in [4.78, 5) is 0. The standard InChI is InChI=1S/C40H32/c1-40(2,3)31-22-23-34-37(26-31)38(28-16-8-5-9-17-28)32-20-12-13-21-33(32)39(34)36-25-30-19-11-10-18-29(30)24-35(36)27-14-6-4-7-15-27/h4-26H,1-3H3. The van der Waals surface area contributed by atoms with E-state index in [0.717, 1.165) is 0 Å². The van der Waals surface area contributed by atoms with Gasteiger partial charge in [-0.2, -0.15) is 0 Å². The molecule has 0 N–H and O–H groups in total. The predicted octanol–water partition coefficient (Wildman–Crippen LogP) is 11.4. The molecule has 40 heavy (non-hydrogen) atoms. The van der Waals surface area contributed by atoms with E-state index in [-0.39, 0.29) is 5.41 Å². The second-order valence-corrected chi connectivity index (χ2v) is 11.8. The van der Waals surface area contributed by atoms with Crippen LogP contribution in [0.4, 0.5) is 0 Å². The van der Waals surface area contributed by atoms with E-state index in [1.807, 2.05) is 0 Å². The van der Waals surface area contributed by atoms with Gasteiger partial charge in [-0.15, -0.1) is 0 Å². The zero-order valence-electron chi connectivity index (χ0n) is 23.3. The monoisotopic (exact) mass is 512 g/mol. The Kier molecular flexibility index (Phi) is 5.79. The van der Waals surface area contributed by atoms with Crippen molar-refractivity contribution in [1.82, 2.24) is 0 Å². The quantitative estimate of drug-likeness (QED) is 0.207. The van der Waals surface area contributed by atoms with Crippen LogP contribution < -0.4 is 0 Å². The van der Waals surface area contributed by atoms with Crippen LogP contribution in [0.15, 0.2) is 140 Å². The van der Waals surface area contributed by atoms with Crippen LogP contribution in [-0.2, 0) is 5.41 Å². The molecular weight excluding hydrogens is 480 g/mol. The Morgan fingerprint density at radius 1 is 0.375 bits per heavy atom. The molecule has 0 unspecified atom stereocenters. The van der Waals surface area contributed by atoms with Crippen molar-refractivity contribution in [3.63, 3.8) is 0 Å². The average Bonchev–Trinajstić information content (AvgIpc) is 2.99. The maximum absolute atomic E-state index is 2.44. The van der Waals surface area contributed by atoms with Gasteiger partial charge < -0.3 is 0 Å². The summed E-state index contributed by atoms with van der Waals surface area (Å²) >= 11 is 0. The Labute approximate surface area is 236 Å². The van der Waals surface area contributed by atoms with E-state index in [2.05, 4.69) is 160 Å². The van der Waals surface area contributed by atoms with E-state index in [4.69, 9.17) is 0 Å². The molecule has 192 valence electrons. The van der Waals surface area contributed by atoms with Crippen LogP contribution in [0.25, 0.3) is 65.7 Å². The van der Waals surface area contributed by atoms with Gasteiger partial charge in [0.1, 0.15) is 0 Å². The van der Waals surface area contributed by atoms with E-state index < -0.39 is 0 Å². The van der Waals surface area contributed by atoms with Gasteiger partial charge >= 0.3 is 0 Å². The molecule has 0 heterocycles. The summed E-state index contributed by atoms with van der Waals surface area (Å²) in [6.45, 7) is 6.90. The second kappa shape index (κ2) is 9.50. The van der Waals surface area contributed by atoms with Crippen molar-refractivity contribution in [1.29, 1.82) is 0 Å². The third-order valence-electron chi connectivity index (χ3n) is 8.19. The van der Waals surface area contributed by atoms with E-state index in [1.165, 1.54) is 71.3 Å². The zero-order valence-corrected chi connectivity index (χ0v) is 23.3. The first-order chi connectivity index (χ1) is 19.5. The van der Waals surface area contributed by atoms with E-state index in [9.17, 15) is 0 Å². The molecule has 7 aromatic carbocycles. The van der Waals surface area contributed by atoms with Crippen molar-refractivity contribution in [3.8, 4) is 33.4 Å². The van der Waals surface area contributed by atoms with Crippen LogP contribution >= 0.6 is 0 Å². The molecule has 0 saturated carbocycles. The van der Waals surface area contributed by atoms with Crippen LogP contribution in [0.3, 0.4) is 0 Å². The lowest BCUT2D eigenvalue weighted by Crippen LogP contribution is -2.10. The van der Waals surface area contributed by atoms with Gasteiger partial charge in [-0.3, -0.25) is 0 Å². The summed E-state index contributed by atoms with van der Waals surface area (Å²) in [5.41, 5.74) is 9.03. The van der Waals surface area contributed by atoms with Gasteiger partial charge in [-0.1, -0.05) is 142 Å². The Hall–Kier alpha value is -4.68. The lowest BCUT2D eigenvalue weighted by atomic mass is 9.80. The fourth-order valence-electron chi connectivity index (χ4n) is 6.15. The average molecular weight is 513 g/mol. The highest BCUT2D eigenvalue weighted by Crippen LogP contribution is 2.47. The molecule has 0 aliphatic carbocycles. The molecular formula is C40H32. The SMILES string of the molecule is CC(C)(C)c1ccc2c(-c3cc4ccccc4cc3-c3ccccc3)c3ccccc3c(-c3ccccc3)c2c1. The van der Waals surface area contributed by atoms with Gasteiger partial charge in [0.15, 0.2) is 0 Å². The molecule has 7 rings (SSSR count). The molecule has 0 bridgehead atoms. The van der Waals surface area contributed by atoms with E-state index >= 15 is 0 Å². The van der Waals surface area contributed by atoms with Crippen molar-refractivity contribution in [2.75, 3.05) is 0 Å². The van der Waals surface area contributed by atoms with Crippen LogP contribution in [0.5, 0.6) is 0 Å². The molecule has 0 saturated heterocycles. The summed E-state index contributed by atoms with van der Waals surface area (Å²) in [7, 11) is 0. The highest BCUT2D eigenvalue weighted by molar-refractivity contribution is 6.23. The zero-order chi connectivity index (χ0) is 27.3. The number of fused-ring (bicyclic) bond motifs is 3. The third kappa shape index (κ3) is 4.08. The van der Waals surface area contributed by atoms with Crippen molar-refractivity contribution in [2.45, 2.75) is 26.2 Å². The van der Waals surface area contributed by atoms with Gasteiger partial charge in [0.2, 0.25) is 0 Å². The third-order valence-corrected chi connectivity index (χ3v) is 8.19. The molecule has 0 radical (unpaired) electrons. The summed E-state index contributed by atoms with van der Waals surface area (Å²) in [5.74, 6) is 0. The largest absolute Gasteiger partial charge is 0.0622 e. The summed E-state index contributed by atoms with van der Waals surface area (Å²) < 4.78 is 0. The maximum atomic E-state index is 2.44. The molecule has 7 aromatic rings. The molecule has 0 aromatic heterocycles. The molecule has 0 atom stereocenters. The Balaban J connectivity index is 1.69. The summed E-state index contributed by atoms with van der Waals surface area (Å²) in [6, 6.07) is 51.3. The van der Waals surface area contributed by atoms with Crippen LogP contribution in [0, 0.1) is 0 Å². The normalized spacial score (nSPS) is 11.9. The lowest BCUT2D eigenvalue weighted by molar-refractivity contribution is 0.591. The first-order valence-electron chi connectivity index (χ1n) is 14.1. The second-order valence-electron chi connectivity index (χ2n) is 11.8. The highest BCUT2D eigenvalue weighted by atomic mass is 14.2. The number of rotatable bonds is 3. The predicted molar refractivity (Wildman–Crippen MR) is 174 cm³/mol. The van der Waals surface area contributed by atoms with Crippen LogP contribution in [0.1, 0.15) is 26.3 Å². The highest BCUT2D eigenvalue weighted by Gasteiger charge is 2.22. The fraction of sp³-hybridized carbons (Fsp3) is 0.100. The smallest absolute Gasteiger partial charge is 0.00199 e. The van der Waals surface area contributed by atoms with Crippen molar-refractivity contribution in [3.05, 3.63) is 145 Å². The minimum atomic E-state index is 0.0477. The molecule has 0 aliphatic heterocycles. The lowest BCUT2D eigenvalue weighted by Gasteiger charge is -2.24. The molecule has 0 amide bonds. The Morgan fingerprint density at radius 3 is 1.50 bits per heavy atom. The first kappa shape index (κ1) is 24.4. The molecule has 0 heteroatoms. The minimum Gasteiger partial charge on any atom is -0.0622 e. The summed E-state index contributed by atoms with van der Waals surface area (Å²) in [6.07, 6.45) is 0. The maximum Gasteiger partial charge on any atom is -0.00199 e. The summed E-state index contributed by atoms with van der Waals surface area (Å²) in [5, 5.41) is 7.68. The van der Waals surface area contributed by atoms with Crippen LogP contribution in [-0.4, -0.2) is 0 Å². The van der Waals surface area contributed by atoms with E-state index in [0.29, 0.717) is 0 Å². The van der Waals surface area contributed by atoms with Gasteiger partial charge in [0, 0.05) is 0 Å². The topological polar surface area (TPSA) is 0 Å². The number of hydrogen-bond acceptors (Lipinski definition) is 0. The van der Waals surface area contributed by atoms with Crippen molar-refractivity contribution < 1.29 is 0 Å². The fourth-order valence-corrected chi connectivity index (χ4v) is 6.15. The van der Waals surface area contributed by atoms with Crippen molar-refractivity contribution in [2.24, 2.45) is 0 Å². The van der Waals surface area contributed by atoms with Crippen molar-refractivity contribution >= 4 is 32.3 Å². The Morgan fingerprint density at radius 2 is 0.875 bits per heavy atom. The van der Waals surface area contributed by atoms with Gasteiger partial charge in [0.05, 0.1) is 0 Å². The first-order valence-corrected chi connectivity index (χ1v) is 14.1. The molecule has 0 spiro atoms. The number of hydrogen-bond donors (Lipinski definition) is 0. The van der Waals surface area contributed by atoms with Gasteiger partial charge in [-0.25, -0.2) is 0 Å². The molecule has 0 aliphatic rings. The Bertz CT molecular complexity index is 2010. The molecule has 0 fully saturated rings. The molecule has 0 nitrogen and oxygen atoms in total. The van der Waals surface area contributed by atoms with E-state index in [1.54, 1.807) is 0 Å². The van der Waals surface area contributed by atoms with Crippen LogP contribution in [0.2, 0.25) is 0 Å². The van der Waals surface area contributed by atoms with Gasteiger partial charge in [-0.05, 0) is 94.9 Å².